The molecule has 0 atom stereocenters. The van der Waals surface area contributed by atoms with Crippen molar-refractivity contribution < 1.29 is 36.3 Å². The largest absolute Gasteiger partial charge is 0.450 e. The number of carbonyl (C=O) groups excluding carboxylic acids is 2. The van der Waals surface area contributed by atoms with Crippen molar-refractivity contribution in [1.29, 1.82) is 0 Å². The molecular weight excluding hydrogens is 554 g/mol. The first-order chi connectivity index (χ1) is 18.6. The maximum absolute atomic E-state index is 14.6. The smallest absolute Gasteiger partial charge is 0.409 e. The van der Waals surface area contributed by atoms with Gasteiger partial charge in [-0.1, -0.05) is 11.3 Å². The standard InChI is InChI=1S/C25H28F2N4O6S2/c1-3-36-14-13-31-22-20(27)15-18(26)16-21(22)38-24(31)28-23(32)17-5-7-19(8-6-17)39(34,35)30-11-9-29(10-12-30)25(33)37-4-2/h5-8,15-16H,3-4,9-14H2,1-2H3. The van der Waals surface area contributed by atoms with Crippen molar-refractivity contribution in [1.82, 2.24) is 13.8 Å². The van der Waals surface area contributed by atoms with E-state index >= 15 is 0 Å². The molecule has 2 amide bonds. The summed E-state index contributed by atoms with van der Waals surface area (Å²) in [5.41, 5.74) is 0.249. The van der Waals surface area contributed by atoms with Gasteiger partial charge in [-0.3, -0.25) is 4.79 Å². The van der Waals surface area contributed by atoms with Crippen LogP contribution < -0.4 is 4.80 Å². The topological polar surface area (TPSA) is 111 Å². The summed E-state index contributed by atoms with van der Waals surface area (Å²) < 4.78 is 67.9. The molecule has 0 radical (unpaired) electrons. The molecule has 0 spiro atoms. The first-order valence-corrected chi connectivity index (χ1v) is 14.6. The molecule has 0 bridgehead atoms. The molecule has 1 fully saturated rings. The maximum Gasteiger partial charge on any atom is 0.409 e. The summed E-state index contributed by atoms with van der Waals surface area (Å²) in [6, 6.07) is 7.29. The lowest BCUT2D eigenvalue weighted by atomic mass is 10.2. The molecule has 10 nitrogen and oxygen atoms in total. The molecule has 2 heterocycles. The highest BCUT2D eigenvalue weighted by Gasteiger charge is 2.30. The predicted octanol–water partition coefficient (Wildman–Crippen LogP) is 3.22. The van der Waals surface area contributed by atoms with Crippen molar-refractivity contribution in [3.8, 4) is 0 Å². The molecule has 3 aromatic rings. The first kappa shape index (κ1) is 28.8. The van der Waals surface area contributed by atoms with Crippen molar-refractivity contribution in [2.45, 2.75) is 25.3 Å². The lowest BCUT2D eigenvalue weighted by molar-refractivity contribution is 0.0933. The van der Waals surface area contributed by atoms with Gasteiger partial charge in [0.05, 0.1) is 28.3 Å². The molecule has 2 aromatic carbocycles. The Hall–Kier alpha value is -3.20. The summed E-state index contributed by atoms with van der Waals surface area (Å²) in [7, 11) is -3.85. The number of sulfonamides is 1. The fraction of sp³-hybridized carbons (Fsp3) is 0.400. The number of ether oxygens (including phenoxy) is 2. The molecule has 1 aromatic heterocycles. The highest BCUT2D eigenvalue weighted by molar-refractivity contribution is 7.89. The van der Waals surface area contributed by atoms with Gasteiger partial charge < -0.3 is 18.9 Å². The number of piperazine rings is 1. The Morgan fingerprint density at radius 2 is 1.72 bits per heavy atom. The van der Waals surface area contributed by atoms with E-state index in [1.165, 1.54) is 44.1 Å². The van der Waals surface area contributed by atoms with E-state index in [4.69, 9.17) is 9.47 Å². The fourth-order valence-electron chi connectivity index (χ4n) is 4.12. The first-order valence-electron chi connectivity index (χ1n) is 12.3. The number of aromatic nitrogens is 1. The summed E-state index contributed by atoms with van der Waals surface area (Å²) in [5.74, 6) is -2.18. The third kappa shape index (κ3) is 6.35. The lowest BCUT2D eigenvalue weighted by Gasteiger charge is -2.33. The Bertz CT molecular complexity index is 1530. The fourth-order valence-corrected chi connectivity index (χ4v) is 6.63. The second kappa shape index (κ2) is 12.3. The van der Waals surface area contributed by atoms with Gasteiger partial charge in [0, 0.05) is 51.0 Å². The number of hydrogen-bond donors (Lipinski definition) is 0. The summed E-state index contributed by atoms with van der Waals surface area (Å²) in [6.07, 6.45) is -0.480. The minimum atomic E-state index is -3.85. The minimum absolute atomic E-state index is 0.00479. The molecule has 0 N–H and O–H groups in total. The third-order valence-electron chi connectivity index (χ3n) is 6.06. The van der Waals surface area contributed by atoms with E-state index in [0.29, 0.717) is 11.3 Å². The van der Waals surface area contributed by atoms with Crippen LogP contribution in [0, 0.1) is 11.6 Å². The summed E-state index contributed by atoms with van der Waals surface area (Å²) in [4.78, 5) is 30.6. The zero-order chi connectivity index (χ0) is 28.2. The molecule has 0 aliphatic carbocycles. The van der Waals surface area contributed by atoms with Crippen molar-refractivity contribution in [2.75, 3.05) is 46.0 Å². The molecule has 39 heavy (non-hydrogen) atoms. The monoisotopic (exact) mass is 582 g/mol. The van der Waals surface area contributed by atoms with Gasteiger partial charge in [0.25, 0.3) is 5.91 Å². The van der Waals surface area contributed by atoms with Crippen LogP contribution in [-0.2, 0) is 26.0 Å². The summed E-state index contributed by atoms with van der Waals surface area (Å²) >= 11 is 0.965. The Balaban J connectivity index is 1.55. The number of thiazole rings is 1. The number of halogens is 2. The van der Waals surface area contributed by atoms with Gasteiger partial charge in [-0.15, -0.1) is 0 Å². The van der Waals surface area contributed by atoms with Gasteiger partial charge in [-0.25, -0.2) is 22.0 Å². The van der Waals surface area contributed by atoms with E-state index in [2.05, 4.69) is 4.99 Å². The molecule has 1 aliphatic rings. The van der Waals surface area contributed by atoms with Crippen LogP contribution in [0.3, 0.4) is 0 Å². The van der Waals surface area contributed by atoms with Gasteiger partial charge in [-0.05, 0) is 44.2 Å². The molecule has 0 unspecified atom stereocenters. The lowest BCUT2D eigenvalue weighted by Crippen LogP contribution is -2.50. The molecule has 0 saturated carbocycles. The Kier molecular flexibility index (Phi) is 9.10. The molecule has 1 saturated heterocycles. The number of rotatable bonds is 8. The molecule has 14 heteroatoms. The zero-order valence-electron chi connectivity index (χ0n) is 21.4. The van der Waals surface area contributed by atoms with E-state index in [-0.39, 0.29) is 66.7 Å². The van der Waals surface area contributed by atoms with E-state index in [9.17, 15) is 26.8 Å². The maximum atomic E-state index is 14.6. The number of hydrogen-bond acceptors (Lipinski definition) is 7. The number of fused-ring (bicyclic) bond motifs is 1. The van der Waals surface area contributed by atoms with Crippen LogP contribution in [0.2, 0.25) is 0 Å². The van der Waals surface area contributed by atoms with Crippen LogP contribution in [0.4, 0.5) is 13.6 Å². The summed E-state index contributed by atoms with van der Waals surface area (Å²) in [5, 5.41) is 0. The van der Waals surface area contributed by atoms with Crippen molar-refractivity contribution in [3.05, 3.63) is 58.4 Å². The van der Waals surface area contributed by atoms with Crippen LogP contribution in [0.25, 0.3) is 10.2 Å². The number of amides is 2. The van der Waals surface area contributed by atoms with Crippen LogP contribution in [-0.4, -0.2) is 80.2 Å². The molecular formula is C25H28F2N4O6S2. The van der Waals surface area contributed by atoms with Crippen LogP contribution >= 0.6 is 11.3 Å². The second-order valence-electron chi connectivity index (χ2n) is 8.50. The van der Waals surface area contributed by atoms with E-state index in [1.54, 1.807) is 6.92 Å². The molecule has 4 rings (SSSR count). The average Bonchev–Trinajstić information content (AvgIpc) is 3.25. The molecule has 1 aliphatic heterocycles. The Morgan fingerprint density at radius 1 is 1.03 bits per heavy atom. The van der Waals surface area contributed by atoms with Crippen molar-refractivity contribution in [3.63, 3.8) is 0 Å². The molecule has 210 valence electrons. The number of benzene rings is 2. The normalized spacial score (nSPS) is 15.2. The van der Waals surface area contributed by atoms with Gasteiger partial charge in [0.1, 0.15) is 5.82 Å². The Morgan fingerprint density at radius 3 is 2.36 bits per heavy atom. The second-order valence-corrected chi connectivity index (χ2v) is 11.4. The van der Waals surface area contributed by atoms with Crippen molar-refractivity contribution >= 4 is 43.6 Å². The quantitative estimate of drug-likeness (QED) is 0.377. The highest BCUT2D eigenvalue weighted by Crippen LogP contribution is 2.23. The SMILES string of the molecule is CCOCCn1c(=NC(=O)c2ccc(S(=O)(=O)N3CCN(C(=O)OCC)CC3)cc2)sc2cc(F)cc(F)c21. The highest BCUT2D eigenvalue weighted by atomic mass is 32.2. The third-order valence-corrected chi connectivity index (χ3v) is 9.00. The zero-order valence-corrected chi connectivity index (χ0v) is 23.1. The predicted molar refractivity (Wildman–Crippen MR) is 140 cm³/mol. The Labute approximate surface area is 228 Å². The summed E-state index contributed by atoms with van der Waals surface area (Å²) in [6.45, 7) is 5.27. The van der Waals surface area contributed by atoms with Crippen LogP contribution in [0.1, 0.15) is 24.2 Å². The number of carbonyl (C=O) groups is 2. The van der Waals surface area contributed by atoms with Gasteiger partial charge in [0.15, 0.2) is 10.6 Å². The van der Waals surface area contributed by atoms with Gasteiger partial charge in [-0.2, -0.15) is 9.30 Å². The van der Waals surface area contributed by atoms with Crippen LogP contribution in [0.15, 0.2) is 46.3 Å². The van der Waals surface area contributed by atoms with Gasteiger partial charge in [0.2, 0.25) is 10.0 Å². The number of nitrogens with zero attached hydrogens (tertiary/aromatic N) is 4. The minimum Gasteiger partial charge on any atom is -0.450 e. The van der Waals surface area contributed by atoms with Gasteiger partial charge >= 0.3 is 6.09 Å². The van der Waals surface area contributed by atoms with E-state index in [0.717, 1.165) is 17.4 Å². The van der Waals surface area contributed by atoms with Crippen molar-refractivity contribution in [2.24, 2.45) is 4.99 Å². The van der Waals surface area contributed by atoms with E-state index in [1.807, 2.05) is 6.92 Å². The van der Waals surface area contributed by atoms with Crippen LogP contribution in [0.5, 0.6) is 0 Å². The average molecular weight is 583 g/mol. The van der Waals surface area contributed by atoms with E-state index < -0.39 is 33.7 Å².